The summed E-state index contributed by atoms with van der Waals surface area (Å²) in [6, 6.07) is 5.79. The number of isocyanates is 1. The lowest BCUT2D eigenvalue weighted by Gasteiger charge is -1.86. The Hall–Kier alpha value is -1.93. The molecule has 13 heavy (non-hydrogen) atoms. The zero-order chi connectivity index (χ0) is 9.26. The van der Waals surface area contributed by atoms with Gasteiger partial charge in [0.15, 0.2) is 0 Å². The molecule has 0 radical (unpaired) electrons. The first-order valence-corrected chi connectivity index (χ1v) is 3.57. The first-order chi connectivity index (χ1) is 6.31. The van der Waals surface area contributed by atoms with Crippen molar-refractivity contribution >= 4 is 22.9 Å². The molecule has 0 aliphatic rings. The summed E-state index contributed by atoms with van der Waals surface area (Å²) in [7, 11) is 0. The Morgan fingerprint density at radius 3 is 3.00 bits per heavy atom. The number of hydrogen-bond donors (Lipinski definition) is 0. The molecule has 0 bridgehead atoms. The summed E-state index contributed by atoms with van der Waals surface area (Å²) in [5.41, 5.74) is 0.369. The fraction of sp³-hybridized carbons (Fsp3) is 0. The van der Waals surface area contributed by atoms with Crippen LogP contribution < -0.4 is 0 Å². The molecule has 3 nitrogen and oxygen atoms in total. The fourth-order valence-corrected chi connectivity index (χ4v) is 1.11. The van der Waals surface area contributed by atoms with Crippen molar-refractivity contribution in [2.45, 2.75) is 0 Å². The third-order valence-electron chi connectivity index (χ3n) is 1.65. The van der Waals surface area contributed by atoms with Crippen molar-refractivity contribution in [1.29, 1.82) is 0 Å². The molecule has 0 atom stereocenters. The molecule has 0 aliphatic carbocycles. The Morgan fingerprint density at radius 1 is 1.46 bits per heavy atom. The maximum Gasteiger partial charge on any atom is 0.243 e. The van der Waals surface area contributed by atoms with Gasteiger partial charge in [0.05, 0.1) is 5.39 Å². The summed E-state index contributed by atoms with van der Waals surface area (Å²) in [5, 5.41) is 0.316. The van der Waals surface area contributed by atoms with Gasteiger partial charge >= 0.3 is 0 Å². The van der Waals surface area contributed by atoms with Gasteiger partial charge in [-0.15, -0.1) is 4.99 Å². The normalized spacial score (nSPS) is 9.92. The Labute approximate surface area is 72.5 Å². The minimum absolute atomic E-state index is 0.0649. The quantitative estimate of drug-likeness (QED) is 0.496. The number of fused-ring (bicyclic) bond motifs is 1. The van der Waals surface area contributed by atoms with E-state index in [0.29, 0.717) is 11.0 Å². The highest BCUT2D eigenvalue weighted by molar-refractivity contribution is 5.81. The first-order valence-electron chi connectivity index (χ1n) is 3.57. The molecule has 0 fully saturated rings. The van der Waals surface area contributed by atoms with Crippen LogP contribution in [-0.2, 0) is 4.79 Å². The van der Waals surface area contributed by atoms with Gasteiger partial charge in [-0.05, 0) is 12.1 Å². The van der Waals surface area contributed by atoms with Crippen LogP contribution in [0.25, 0.3) is 11.0 Å². The predicted molar refractivity (Wildman–Crippen MR) is 44.0 cm³/mol. The molecular weight excluding hydrogens is 173 g/mol. The topological polar surface area (TPSA) is 42.6 Å². The van der Waals surface area contributed by atoms with Crippen LogP contribution >= 0.6 is 0 Å². The highest BCUT2D eigenvalue weighted by Crippen LogP contribution is 2.26. The van der Waals surface area contributed by atoms with Crippen LogP contribution in [0.1, 0.15) is 0 Å². The van der Waals surface area contributed by atoms with Gasteiger partial charge < -0.3 is 4.42 Å². The first kappa shape index (κ1) is 7.71. The van der Waals surface area contributed by atoms with E-state index in [0.717, 1.165) is 0 Å². The molecule has 0 spiro atoms. The molecule has 1 heterocycles. The summed E-state index contributed by atoms with van der Waals surface area (Å²) >= 11 is 0. The summed E-state index contributed by atoms with van der Waals surface area (Å²) in [6.07, 6.45) is 1.32. The van der Waals surface area contributed by atoms with Crippen molar-refractivity contribution in [3.8, 4) is 0 Å². The molecule has 4 heteroatoms. The average molecular weight is 177 g/mol. The Kier molecular flexibility index (Phi) is 1.69. The minimum Gasteiger partial charge on any atom is -0.437 e. The second kappa shape index (κ2) is 2.84. The van der Waals surface area contributed by atoms with Gasteiger partial charge in [0.2, 0.25) is 12.0 Å². The van der Waals surface area contributed by atoms with Gasteiger partial charge in [-0.1, -0.05) is 6.07 Å². The van der Waals surface area contributed by atoms with E-state index in [4.69, 9.17) is 4.42 Å². The highest BCUT2D eigenvalue weighted by Gasteiger charge is 2.05. The van der Waals surface area contributed by atoms with Gasteiger partial charge in [-0.2, -0.15) is 0 Å². The molecule has 0 aliphatic heterocycles. The molecule has 2 rings (SSSR count). The van der Waals surface area contributed by atoms with E-state index < -0.39 is 5.82 Å². The number of furan rings is 1. The van der Waals surface area contributed by atoms with Gasteiger partial charge in [0.1, 0.15) is 11.4 Å². The number of carbonyl (C=O) groups excluding carboxylic acids is 1. The van der Waals surface area contributed by atoms with E-state index in [1.165, 1.54) is 24.3 Å². The number of hydrogen-bond acceptors (Lipinski definition) is 3. The van der Waals surface area contributed by atoms with Crippen molar-refractivity contribution < 1.29 is 13.6 Å². The van der Waals surface area contributed by atoms with E-state index >= 15 is 0 Å². The number of rotatable bonds is 1. The Balaban J connectivity index is 2.75. The van der Waals surface area contributed by atoms with Crippen LogP contribution in [0.2, 0.25) is 0 Å². The number of nitrogens with zero attached hydrogens (tertiary/aromatic N) is 1. The molecule has 1 aromatic heterocycles. The van der Waals surface area contributed by atoms with Crippen molar-refractivity contribution in [2.24, 2.45) is 4.99 Å². The summed E-state index contributed by atoms with van der Waals surface area (Å²) in [6.45, 7) is 0. The molecule has 2 aromatic rings. The molecular formula is C9H4FNO2. The monoisotopic (exact) mass is 177 g/mol. The zero-order valence-electron chi connectivity index (χ0n) is 6.45. The Morgan fingerprint density at radius 2 is 2.31 bits per heavy atom. The SMILES string of the molecule is O=C=Nc1cc2c(F)cccc2o1. The van der Waals surface area contributed by atoms with Gasteiger partial charge in [-0.3, -0.25) is 0 Å². The number of halogens is 1. The lowest BCUT2D eigenvalue weighted by molar-refractivity contribution is 0.561. The van der Waals surface area contributed by atoms with Crippen LogP contribution in [0.15, 0.2) is 33.7 Å². The maximum atomic E-state index is 13.0. The van der Waals surface area contributed by atoms with E-state index in [1.807, 2.05) is 0 Å². The number of benzene rings is 1. The second-order valence-corrected chi connectivity index (χ2v) is 2.44. The minimum atomic E-state index is -0.395. The third-order valence-corrected chi connectivity index (χ3v) is 1.65. The Bertz CT molecular complexity index is 497. The lowest BCUT2D eigenvalue weighted by Crippen LogP contribution is -1.70. The van der Waals surface area contributed by atoms with Crippen LogP contribution in [0.5, 0.6) is 0 Å². The lowest BCUT2D eigenvalue weighted by atomic mass is 10.2. The summed E-state index contributed by atoms with van der Waals surface area (Å²) in [4.78, 5) is 13.1. The van der Waals surface area contributed by atoms with Crippen LogP contribution in [0, 0.1) is 5.82 Å². The second-order valence-electron chi connectivity index (χ2n) is 2.44. The van der Waals surface area contributed by atoms with Crippen LogP contribution in [0.4, 0.5) is 10.3 Å². The van der Waals surface area contributed by atoms with E-state index in [2.05, 4.69) is 4.99 Å². The van der Waals surface area contributed by atoms with Gasteiger partial charge in [0, 0.05) is 6.07 Å². The van der Waals surface area contributed by atoms with E-state index in [9.17, 15) is 9.18 Å². The molecule has 0 N–H and O–H groups in total. The smallest absolute Gasteiger partial charge is 0.243 e. The van der Waals surface area contributed by atoms with Crippen molar-refractivity contribution in [3.05, 3.63) is 30.1 Å². The molecule has 0 saturated carbocycles. The molecule has 0 unspecified atom stereocenters. The summed E-state index contributed by atoms with van der Waals surface area (Å²) in [5.74, 6) is -0.330. The molecule has 64 valence electrons. The average Bonchev–Trinajstić information content (AvgIpc) is 2.49. The number of aliphatic imine (C=N–C) groups is 1. The molecule has 0 saturated heterocycles. The van der Waals surface area contributed by atoms with E-state index in [-0.39, 0.29) is 5.88 Å². The third kappa shape index (κ3) is 1.23. The molecule has 1 aromatic carbocycles. The van der Waals surface area contributed by atoms with Gasteiger partial charge in [-0.25, -0.2) is 9.18 Å². The van der Waals surface area contributed by atoms with Crippen LogP contribution in [-0.4, -0.2) is 6.08 Å². The predicted octanol–water partition coefficient (Wildman–Crippen LogP) is 2.54. The van der Waals surface area contributed by atoms with Crippen molar-refractivity contribution in [1.82, 2.24) is 0 Å². The van der Waals surface area contributed by atoms with E-state index in [1.54, 1.807) is 6.07 Å². The zero-order valence-corrected chi connectivity index (χ0v) is 6.45. The molecule has 0 amide bonds. The van der Waals surface area contributed by atoms with Crippen molar-refractivity contribution in [3.63, 3.8) is 0 Å². The maximum absolute atomic E-state index is 13.0. The van der Waals surface area contributed by atoms with Gasteiger partial charge in [0.25, 0.3) is 0 Å². The van der Waals surface area contributed by atoms with Crippen LogP contribution in [0.3, 0.4) is 0 Å². The summed E-state index contributed by atoms with van der Waals surface area (Å²) < 4.78 is 18.1. The highest BCUT2D eigenvalue weighted by atomic mass is 19.1. The fourth-order valence-electron chi connectivity index (χ4n) is 1.11. The standard InChI is InChI=1S/C9H4FNO2/c10-7-2-1-3-8-6(7)4-9(13-8)11-5-12/h1-4H. The van der Waals surface area contributed by atoms with Crippen molar-refractivity contribution in [2.75, 3.05) is 0 Å². The largest absolute Gasteiger partial charge is 0.437 e.